The smallest absolute Gasteiger partial charge is 0.123 e. The minimum atomic E-state index is 0. The molecule has 0 spiro atoms. The SMILES string of the molecule is COc1ccc(Cl)cc1CN[C@@H]1CCCN[C@@H]1c1cccc(Cl)c1.Cl.Cl. The third-order valence-electron chi connectivity index (χ3n) is 4.46. The fraction of sp³-hybridized carbons (Fsp3) is 0.368. The lowest BCUT2D eigenvalue weighted by Gasteiger charge is -2.34. The van der Waals surface area contributed by atoms with E-state index in [1.165, 1.54) is 5.56 Å². The van der Waals surface area contributed by atoms with Gasteiger partial charge in [-0.1, -0.05) is 35.3 Å². The van der Waals surface area contributed by atoms with Crippen LogP contribution >= 0.6 is 48.0 Å². The number of ether oxygens (including phenoxy) is 1. The molecule has 1 aliphatic heterocycles. The summed E-state index contributed by atoms with van der Waals surface area (Å²) < 4.78 is 5.44. The minimum Gasteiger partial charge on any atom is -0.496 e. The quantitative estimate of drug-likeness (QED) is 0.654. The van der Waals surface area contributed by atoms with E-state index in [1.807, 2.05) is 36.4 Å². The highest BCUT2D eigenvalue weighted by Gasteiger charge is 2.26. The van der Waals surface area contributed by atoms with E-state index in [0.29, 0.717) is 12.6 Å². The maximum Gasteiger partial charge on any atom is 0.123 e. The summed E-state index contributed by atoms with van der Waals surface area (Å²) in [7, 11) is 1.68. The van der Waals surface area contributed by atoms with Crippen molar-refractivity contribution < 1.29 is 4.74 Å². The molecule has 0 amide bonds. The highest BCUT2D eigenvalue weighted by molar-refractivity contribution is 6.30. The molecule has 3 rings (SSSR count). The van der Waals surface area contributed by atoms with Crippen molar-refractivity contribution >= 4 is 48.0 Å². The molecule has 1 aliphatic rings. The van der Waals surface area contributed by atoms with Gasteiger partial charge >= 0.3 is 0 Å². The molecule has 1 heterocycles. The van der Waals surface area contributed by atoms with Gasteiger partial charge in [0.15, 0.2) is 0 Å². The predicted octanol–water partition coefficient (Wildman–Crippen LogP) is 5.43. The Morgan fingerprint density at radius 2 is 1.88 bits per heavy atom. The van der Waals surface area contributed by atoms with Crippen LogP contribution < -0.4 is 15.4 Å². The highest BCUT2D eigenvalue weighted by Crippen LogP contribution is 2.27. The molecular weight excluding hydrogens is 414 g/mol. The first-order valence-electron chi connectivity index (χ1n) is 8.22. The fourth-order valence-corrected chi connectivity index (χ4v) is 3.68. The van der Waals surface area contributed by atoms with Gasteiger partial charge in [-0.15, -0.1) is 24.8 Å². The Morgan fingerprint density at radius 3 is 2.62 bits per heavy atom. The molecule has 3 nitrogen and oxygen atoms in total. The number of piperidine rings is 1. The molecule has 1 saturated heterocycles. The summed E-state index contributed by atoms with van der Waals surface area (Å²) in [5.74, 6) is 0.856. The molecule has 0 aliphatic carbocycles. The number of rotatable bonds is 5. The van der Waals surface area contributed by atoms with E-state index in [9.17, 15) is 0 Å². The van der Waals surface area contributed by atoms with Gasteiger partial charge in [0.25, 0.3) is 0 Å². The Balaban J connectivity index is 0.00000169. The average Bonchev–Trinajstić information content (AvgIpc) is 2.60. The van der Waals surface area contributed by atoms with Crippen LogP contribution in [0.1, 0.15) is 30.0 Å². The Hall–Kier alpha value is -0.680. The van der Waals surface area contributed by atoms with Crippen molar-refractivity contribution in [2.45, 2.75) is 31.5 Å². The molecule has 2 aromatic rings. The maximum atomic E-state index is 6.16. The first-order chi connectivity index (χ1) is 11.7. The monoisotopic (exact) mass is 436 g/mol. The summed E-state index contributed by atoms with van der Waals surface area (Å²) in [6, 6.07) is 14.4. The standard InChI is InChI=1S/C19H22Cl2N2O.2ClH/c1-24-18-8-7-16(21)11-14(18)12-23-17-6-3-9-22-19(17)13-4-2-5-15(20)10-13;;/h2,4-5,7-8,10-11,17,19,22-23H,3,6,9,12H2,1H3;2*1H/t17-,19-;;/m1../s1. The first-order valence-corrected chi connectivity index (χ1v) is 8.97. The fourth-order valence-electron chi connectivity index (χ4n) is 3.28. The van der Waals surface area contributed by atoms with Gasteiger partial charge in [0.2, 0.25) is 0 Å². The van der Waals surface area contributed by atoms with E-state index in [1.54, 1.807) is 7.11 Å². The summed E-state index contributed by atoms with van der Waals surface area (Å²) in [6.45, 7) is 1.74. The van der Waals surface area contributed by atoms with Gasteiger partial charge in [-0.3, -0.25) is 0 Å². The largest absolute Gasteiger partial charge is 0.496 e. The van der Waals surface area contributed by atoms with Crippen LogP contribution in [0.2, 0.25) is 10.0 Å². The number of hydrogen-bond acceptors (Lipinski definition) is 3. The Kier molecular flexibility index (Phi) is 10.1. The van der Waals surface area contributed by atoms with Crippen LogP contribution in [0.25, 0.3) is 0 Å². The number of methoxy groups -OCH3 is 1. The van der Waals surface area contributed by atoms with Crippen molar-refractivity contribution in [2.24, 2.45) is 0 Å². The van der Waals surface area contributed by atoms with Gasteiger partial charge in [-0.05, 0) is 55.3 Å². The third-order valence-corrected chi connectivity index (χ3v) is 4.93. The number of halogens is 4. The predicted molar refractivity (Wildman–Crippen MR) is 115 cm³/mol. The summed E-state index contributed by atoms with van der Waals surface area (Å²) in [5, 5.41) is 8.77. The Labute approximate surface area is 177 Å². The van der Waals surface area contributed by atoms with Gasteiger partial charge in [0.05, 0.1) is 7.11 Å². The van der Waals surface area contributed by atoms with Crippen LogP contribution in [0.5, 0.6) is 5.75 Å². The maximum absolute atomic E-state index is 6.16. The zero-order valence-electron chi connectivity index (χ0n) is 14.5. The molecule has 26 heavy (non-hydrogen) atoms. The molecule has 7 heteroatoms. The van der Waals surface area contributed by atoms with E-state index < -0.39 is 0 Å². The molecule has 144 valence electrons. The van der Waals surface area contributed by atoms with Crippen LogP contribution in [0, 0.1) is 0 Å². The molecule has 1 fully saturated rings. The van der Waals surface area contributed by atoms with Crippen LogP contribution in [0.15, 0.2) is 42.5 Å². The zero-order valence-corrected chi connectivity index (χ0v) is 17.7. The molecule has 2 atom stereocenters. The molecule has 0 aromatic heterocycles. The summed E-state index contributed by atoms with van der Waals surface area (Å²) in [6.07, 6.45) is 2.27. The summed E-state index contributed by atoms with van der Waals surface area (Å²) in [5.41, 5.74) is 2.29. The second-order valence-electron chi connectivity index (χ2n) is 6.07. The number of nitrogens with one attached hydrogen (secondary N) is 2. The normalized spacial score (nSPS) is 19.2. The van der Waals surface area contributed by atoms with Crippen molar-refractivity contribution in [3.8, 4) is 5.75 Å². The lowest BCUT2D eigenvalue weighted by Crippen LogP contribution is -2.45. The topological polar surface area (TPSA) is 33.3 Å². The molecule has 0 saturated carbocycles. The second-order valence-corrected chi connectivity index (χ2v) is 6.95. The van der Waals surface area contributed by atoms with Crippen molar-refractivity contribution in [2.75, 3.05) is 13.7 Å². The van der Waals surface area contributed by atoms with Crippen molar-refractivity contribution in [3.63, 3.8) is 0 Å². The number of benzene rings is 2. The summed E-state index contributed by atoms with van der Waals surface area (Å²) in [4.78, 5) is 0. The number of hydrogen-bond donors (Lipinski definition) is 2. The first kappa shape index (κ1) is 23.4. The van der Waals surface area contributed by atoms with Crippen LogP contribution in [-0.2, 0) is 6.54 Å². The average molecular weight is 438 g/mol. The lowest BCUT2D eigenvalue weighted by atomic mass is 9.92. The Morgan fingerprint density at radius 1 is 1.12 bits per heavy atom. The Bertz CT molecular complexity index is 699. The lowest BCUT2D eigenvalue weighted by molar-refractivity contribution is 0.303. The molecule has 0 bridgehead atoms. The van der Waals surface area contributed by atoms with Crippen LogP contribution in [0.3, 0.4) is 0 Å². The second kappa shape index (κ2) is 11.2. The van der Waals surface area contributed by atoms with Gasteiger partial charge in [0.1, 0.15) is 5.75 Å². The van der Waals surface area contributed by atoms with Crippen molar-refractivity contribution in [1.29, 1.82) is 0 Å². The van der Waals surface area contributed by atoms with E-state index in [-0.39, 0.29) is 30.9 Å². The highest BCUT2D eigenvalue weighted by atomic mass is 35.5. The zero-order chi connectivity index (χ0) is 16.9. The molecular formula is C19H24Cl4N2O. The van der Waals surface area contributed by atoms with E-state index in [4.69, 9.17) is 27.9 Å². The van der Waals surface area contributed by atoms with Gasteiger partial charge in [-0.25, -0.2) is 0 Å². The minimum absolute atomic E-state index is 0. The van der Waals surface area contributed by atoms with Gasteiger partial charge < -0.3 is 15.4 Å². The third kappa shape index (κ3) is 5.91. The van der Waals surface area contributed by atoms with E-state index in [0.717, 1.165) is 40.7 Å². The summed E-state index contributed by atoms with van der Waals surface area (Å²) >= 11 is 12.3. The molecule has 2 N–H and O–H groups in total. The van der Waals surface area contributed by atoms with Crippen molar-refractivity contribution in [1.82, 2.24) is 10.6 Å². The van der Waals surface area contributed by atoms with E-state index in [2.05, 4.69) is 16.7 Å². The van der Waals surface area contributed by atoms with E-state index >= 15 is 0 Å². The van der Waals surface area contributed by atoms with Gasteiger partial charge in [-0.2, -0.15) is 0 Å². The molecule has 0 radical (unpaired) electrons. The molecule has 0 unspecified atom stereocenters. The van der Waals surface area contributed by atoms with Gasteiger partial charge in [0, 0.05) is 34.2 Å². The van der Waals surface area contributed by atoms with Crippen LogP contribution in [0.4, 0.5) is 0 Å². The van der Waals surface area contributed by atoms with Crippen molar-refractivity contribution in [3.05, 3.63) is 63.6 Å². The molecule has 2 aromatic carbocycles. The van der Waals surface area contributed by atoms with Crippen LogP contribution in [-0.4, -0.2) is 19.7 Å².